The highest BCUT2D eigenvalue weighted by Gasteiger charge is 2.43. The number of hydrogen-bond donors (Lipinski definition) is 1. The van der Waals surface area contributed by atoms with Crippen LogP contribution in [0.3, 0.4) is 0 Å². The number of rotatable bonds is 6. The van der Waals surface area contributed by atoms with E-state index in [9.17, 15) is 0 Å². The molecule has 1 aliphatic carbocycles. The quantitative estimate of drug-likeness (QED) is 0.875. The van der Waals surface area contributed by atoms with Gasteiger partial charge < -0.3 is 5.32 Å². The Bertz CT molecular complexity index is 625. The molecule has 3 heteroatoms. The first-order chi connectivity index (χ1) is 10.3. The lowest BCUT2D eigenvalue weighted by Crippen LogP contribution is -2.25. The van der Waals surface area contributed by atoms with Gasteiger partial charge in [0.15, 0.2) is 0 Å². The fourth-order valence-corrected chi connectivity index (χ4v) is 3.60. The van der Waals surface area contributed by atoms with Crippen molar-refractivity contribution in [2.75, 3.05) is 6.54 Å². The van der Waals surface area contributed by atoms with Gasteiger partial charge in [0.05, 0.1) is 11.6 Å². The molecule has 2 aromatic rings. The smallest absolute Gasteiger partial charge is 0.0991 e. The Morgan fingerprint density at radius 1 is 1.05 bits per heavy atom. The van der Waals surface area contributed by atoms with Gasteiger partial charge in [0.25, 0.3) is 0 Å². The van der Waals surface area contributed by atoms with Crippen LogP contribution in [0.1, 0.15) is 24.0 Å². The van der Waals surface area contributed by atoms with Gasteiger partial charge in [-0.25, -0.2) is 0 Å². The summed E-state index contributed by atoms with van der Waals surface area (Å²) in [7, 11) is 0. The van der Waals surface area contributed by atoms with Crippen LogP contribution < -0.4 is 5.32 Å². The van der Waals surface area contributed by atoms with Gasteiger partial charge >= 0.3 is 0 Å². The molecular formula is C18H18N2S. The van der Waals surface area contributed by atoms with E-state index in [2.05, 4.69) is 41.7 Å². The summed E-state index contributed by atoms with van der Waals surface area (Å²) in [6, 6.07) is 20.6. The molecule has 0 aromatic heterocycles. The Hall–Kier alpha value is -1.76. The monoisotopic (exact) mass is 294 g/mol. The van der Waals surface area contributed by atoms with Crippen molar-refractivity contribution < 1.29 is 0 Å². The van der Waals surface area contributed by atoms with Gasteiger partial charge in [-0.2, -0.15) is 5.26 Å². The van der Waals surface area contributed by atoms with E-state index >= 15 is 0 Å². The molecule has 2 aromatic carbocycles. The van der Waals surface area contributed by atoms with E-state index in [1.165, 1.54) is 23.3 Å². The lowest BCUT2D eigenvalue weighted by molar-refractivity contribution is 0.662. The highest BCUT2D eigenvalue weighted by molar-refractivity contribution is 8.01. The average molecular weight is 294 g/mol. The minimum Gasteiger partial charge on any atom is -0.311 e. The number of nitrogens with one attached hydrogen (secondary N) is 1. The van der Waals surface area contributed by atoms with Gasteiger partial charge in [-0.1, -0.05) is 30.3 Å². The first-order valence-corrected chi connectivity index (χ1v) is 8.05. The van der Waals surface area contributed by atoms with Crippen molar-refractivity contribution in [3.63, 3.8) is 0 Å². The predicted octanol–water partition coefficient (Wildman–Crippen LogP) is 3.97. The predicted molar refractivity (Wildman–Crippen MR) is 87.1 cm³/mol. The van der Waals surface area contributed by atoms with Gasteiger partial charge in [-0.3, -0.25) is 0 Å². The maximum atomic E-state index is 8.79. The van der Waals surface area contributed by atoms with E-state index in [1.807, 2.05) is 36.0 Å². The summed E-state index contributed by atoms with van der Waals surface area (Å²) in [6.45, 7) is 1.90. The second kappa shape index (κ2) is 6.34. The third-order valence-corrected chi connectivity index (χ3v) is 5.24. The highest BCUT2D eigenvalue weighted by atomic mass is 32.2. The van der Waals surface area contributed by atoms with Gasteiger partial charge in [0.1, 0.15) is 0 Å². The summed E-state index contributed by atoms with van der Waals surface area (Å²) < 4.78 is 0.383. The molecular weight excluding hydrogens is 276 g/mol. The van der Waals surface area contributed by atoms with Crippen molar-refractivity contribution >= 4 is 11.8 Å². The van der Waals surface area contributed by atoms with Gasteiger partial charge in [0, 0.05) is 22.7 Å². The van der Waals surface area contributed by atoms with Crippen molar-refractivity contribution in [3.8, 4) is 6.07 Å². The Labute approximate surface area is 130 Å². The SMILES string of the molecule is N#Cc1ccc(CNCC2(Sc3ccccc3)CC2)cc1. The largest absolute Gasteiger partial charge is 0.311 e. The molecule has 1 fully saturated rings. The number of thioether (sulfide) groups is 1. The summed E-state index contributed by atoms with van der Waals surface area (Å²) in [5, 5.41) is 12.3. The summed E-state index contributed by atoms with van der Waals surface area (Å²) >= 11 is 1.99. The molecule has 0 heterocycles. The normalized spacial score (nSPS) is 15.4. The van der Waals surface area contributed by atoms with Crippen molar-refractivity contribution in [3.05, 3.63) is 65.7 Å². The minimum absolute atomic E-state index is 0.383. The van der Waals surface area contributed by atoms with E-state index < -0.39 is 0 Å². The Balaban J connectivity index is 1.49. The maximum absolute atomic E-state index is 8.79. The number of nitrogens with zero attached hydrogens (tertiary/aromatic N) is 1. The summed E-state index contributed by atoms with van der Waals surface area (Å²) in [5.41, 5.74) is 1.95. The van der Waals surface area contributed by atoms with Gasteiger partial charge in [0.2, 0.25) is 0 Å². The van der Waals surface area contributed by atoms with Crippen molar-refractivity contribution in [2.45, 2.75) is 29.0 Å². The van der Waals surface area contributed by atoms with Crippen LogP contribution in [0.2, 0.25) is 0 Å². The Morgan fingerprint density at radius 2 is 1.76 bits per heavy atom. The molecule has 21 heavy (non-hydrogen) atoms. The van der Waals surface area contributed by atoms with E-state index in [0.717, 1.165) is 18.7 Å². The van der Waals surface area contributed by atoms with Crippen LogP contribution in [0.4, 0.5) is 0 Å². The molecule has 3 rings (SSSR count). The molecule has 0 radical (unpaired) electrons. The Kier molecular flexibility index (Phi) is 4.28. The molecule has 106 valence electrons. The molecule has 0 atom stereocenters. The summed E-state index contributed by atoms with van der Waals surface area (Å²) in [5.74, 6) is 0. The molecule has 0 unspecified atom stereocenters. The topological polar surface area (TPSA) is 35.8 Å². The van der Waals surface area contributed by atoms with Crippen molar-refractivity contribution in [1.29, 1.82) is 5.26 Å². The molecule has 0 bridgehead atoms. The minimum atomic E-state index is 0.383. The fraction of sp³-hybridized carbons (Fsp3) is 0.278. The third kappa shape index (κ3) is 3.87. The first kappa shape index (κ1) is 14.2. The van der Waals surface area contributed by atoms with Gasteiger partial charge in [-0.05, 0) is 42.7 Å². The molecule has 0 saturated heterocycles. The van der Waals surface area contributed by atoms with E-state index in [1.54, 1.807) is 0 Å². The van der Waals surface area contributed by atoms with Crippen LogP contribution in [0.5, 0.6) is 0 Å². The second-order valence-corrected chi connectivity index (χ2v) is 7.05. The third-order valence-electron chi connectivity index (χ3n) is 3.74. The molecule has 1 aliphatic rings. The molecule has 1 saturated carbocycles. The van der Waals surface area contributed by atoms with E-state index in [-0.39, 0.29) is 0 Å². The second-order valence-electron chi connectivity index (χ2n) is 5.51. The zero-order chi connectivity index (χ0) is 14.5. The van der Waals surface area contributed by atoms with Gasteiger partial charge in [-0.15, -0.1) is 11.8 Å². The highest BCUT2D eigenvalue weighted by Crippen LogP contribution is 2.51. The number of hydrogen-bond acceptors (Lipinski definition) is 3. The first-order valence-electron chi connectivity index (χ1n) is 7.24. The standard InChI is InChI=1S/C18H18N2S/c19-12-15-6-8-16(9-7-15)13-20-14-18(10-11-18)21-17-4-2-1-3-5-17/h1-9,20H,10-11,13-14H2. The Morgan fingerprint density at radius 3 is 2.38 bits per heavy atom. The molecule has 1 N–H and O–H groups in total. The lowest BCUT2D eigenvalue weighted by atomic mass is 10.1. The van der Waals surface area contributed by atoms with Crippen LogP contribution in [-0.2, 0) is 6.54 Å². The van der Waals surface area contributed by atoms with E-state index in [4.69, 9.17) is 5.26 Å². The zero-order valence-electron chi connectivity index (χ0n) is 11.9. The maximum Gasteiger partial charge on any atom is 0.0991 e. The molecule has 0 aliphatic heterocycles. The molecule has 2 nitrogen and oxygen atoms in total. The molecule has 0 spiro atoms. The zero-order valence-corrected chi connectivity index (χ0v) is 12.7. The van der Waals surface area contributed by atoms with E-state index in [0.29, 0.717) is 4.75 Å². The van der Waals surface area contributed by atoms with Crippen molar-refractivity contribution in [1.82, 2.24) is 5.32 Å². The van der Waals surface area contributed by atoms with Crippen LogP contribution in [-0.4, -0.2) is 11.3 Å². The van der Waals surface area contributed by atoms with Crippen LogP contribution in [0.15, 0.2) is 59.5 Å². The van der Waals surface area contributed by atoms with Crippen molar-refractivity contribution in [2.24, 2.45) is 0 Å². The van der Waals surface area contributed by atoms with Crippen LogP contribution >= 0.6 is 11.8 Å². The number of benzene rings is 2. The fourth-order valence-electron chi connectivity index (χ4n) is 2.32. The molecule has 0 amide bonds. The lowest BCUT2D eigenvalue weighted by Gasteiger charge is -2.15. The average Bonchev–Trinajstić information content (AvgIpc) is 3.28. The van der Waals surface area contributed by atoms with Crippen LogP contribution in [0.25, 0.3) is 0 Å². The van der Waals surface area contributed by atoms with Crippen LogP contribution in [0, 0.1) is 11.3 Å². The summed E-state index contributed by atoms with van der Waals surface area (Å²) in [4.78, 5) is 1.36. The number of nitriles is 1. The summed E-state index contributed by atoms with van der Waals surface area (Å²) in [6.07, 6.45) is 2.57.